The molecule has 0 aromatic rings. The van der Waals surface area contributed by atoms with Crippen molar-refractivity contribution in [3.63, 3.8) is 0 Å². The summed E-state index contributed by atoms with van der Waals surface area (Å²) in [4.78, 5) is 10.2. The topological polar surface area (TPSA) is 17.1 Å². The molecule has 4 heteroatoms. The Morgan fingerprint density at radius 1 is 1.60 bits per heavy atom. The van der Waals surface area contributed by atoms with Crippen LogP contribution in [-0.4, -0.2) is 9.39 Å². The van der Waals surface area contributed by atoms with Crippen molar-refractivity contribution in [1.29, 1.82) is 0 Å². The first-order valence-electron chi connectivity index (χ1n) is 2.24. The molecule has 0 atom stereocenters. The first kappa shape index (κ1) is 9.93. The molecular weight excluding hydrogens is 326 g/mol. The van der Waals surface area contributed by atoms with E-state index >= 15 is 0 Å². The maximum absolute atomic E-state index is 12.0. The second-order valence-electron chi connectivity index (χ2n) is 1.37. The standard InChI is InChI=1S/C6H3ClFO.W/c1-5(6(7)9)3-2-4-8;/h1-3H;/q-1;/b3-2-;. The monoisotopic (exact) mass is 329 g/mol. The zero-order chi connectivity index (χ0) is 8.15. The third-order valence-electron chi connectivity index (χ3n) is 0.621. The van der Waals surface area contributed by atoms with Crippen LogP contribution in [0.15, 0.2) is 17.7 Å². The first-order chi connectivity index (χ1) is 4.54. The quantitative estimate of drug-likeness (QED) is 0.330. The van der Waals surface area contributed by atoms with E-state index in [1.807, 2.05) is 0 Å². The summed E-state index contributed by atoms with van der Waals surface area (Å²) in [5.74, 6) is 0. The number of hydrogen-bond donors (Lipinski definition) is 0. The Balaban J connectivity index is 4.03. The van der Waals surface area contributed by atoms with E-state index < -0.39 is 5.24 Å². The summed E-state index contributed by atoms with van der Waals surface area (Å²) in [7, 11) is 0. The Labute approximate surface area is 74.0 Å². The van der Waals surface area contributed by atoms with Crippen LogP contribution in [-0.2, 0) is 24.1 Å². The molecule has 0 aromatic carbocycles. The van der Waals surface area contributed by atoms with Crippen molar-refractivity contribution in [2.24, 2.45) is 0 Å². The number of allylic oxidation sites excluding steroid dienone is 3. The normalized spacial score (nSPS) is 9.80. The molecule has 0 rings (SSSR count). The van der Waals surface area contributed by atoms with Crippen molar-refractivity contribution in [1.82, 2.24) is 0 Å². The molecule has 10 heavy (non-hydrogen) atoms. The van der Waals surface area contributed by atoms with Gasteiger partial charge in [-0.3, -0.25) is 0 Å². The molecule has 0 unspecified atom stereocenters. The van der Waals surface area contributed by atoms with Crippen molar-refractivity contribution in [2.75, 3.05) is 0 Å². The third kappa shape index (κ3) is 4.77. The summed E-state index contributed by atoms with van der Waals surface area (Å²) < 4.78 is 11.6. The number of hydrogen-bond acceptors (Lipinski definition) is 1. The Bertz CT molecular complexity index is 210. The summed E-state index contributed by atoms with van der Waals surface area (Å²) in [6.07, 6.45) is 2.24. The van der Waals surface area contributed by atoms with Crippen molar-refractivity contribution in [3.8, 4) is 0 Å². The van der Waals surface area contributed by atoms with E-state index in [2.05, 4.69) is 0 Å². The van der Waals surface area contributed by atoms with E-state index in [9.17, 15) is 9.18 Å². The summed E-state index contributed by atoms with van der Waals surface area (Å²) in [5.41, 5.74) is -0.155. The van der Waals surface area contributed by atoms with Crippen LogP contribution < -0.4 is 0 Å². The summed E-state index contributed by atoms with van der Waals surface area (Å²) >= 11 is 5.62. The van der Waals surface area contributed by atoms with Gasteiger partial charge in [0.1, 0.15) is 0 Å². The Morgan fingerprint density at radius 2 is 2.10 bits per heavy atom. The number of carbonyl (C=O) groups is 1. The van der Waals surface area contributed by atoms with Gasteiger partial charge in [0, 0.05) is 0 Å². The average molecular weight is 329 g/mol. The molecule has 54 valence electrons. The molecular formula is C6H3ClFOW-. The summed E-state index contributed by atoms with van der Waals surface area (Å²) in [6, 6.07) is 0. The van der Waals surface area contributed by atoms with Gasteiger partial charge in [-0.2, -0.15) is 0 Å². The molecule has 0 spiro atoms. The molecule has 0 aromatic heterocycles. The fourth-order valence-corrected chi connectivity index (χ4v) is 0.528. The van der Waals surface area contributed by atoms with E-state index in [1.54, 1.807) is 0 Å². The van der Waals surface area contributed by atoms with Crippen LogP contribution in [0.5, 0.6) is 0 Å². The number of rotatable bonds is 3. The fourth-order valence-electron chi connectivity index (χ4n) is 0.221. The number of halogens is 2. The first-order valence-corrected chi connectivity index (χ1v) is 4.08. The van der Waals surface area contributed by atoms with Gasteiger partial charge in [0.25, 0.3) is 0 Å². The van der Waals surface area contributed by atoms with Gasteiger partial charge in [0.2, 0.25) is 0 Å². The van der Waals surface area contributed by atoms with E-state index in [0.29, 0.717) is 19.4 Å². The van der Waals surface area contributed by atoms with Crippen LogP contribution in [0.2, 0.25) is 0 Å². The van der Waals surface area contributed by atoms with Crippen molar-refractivity contribution in [2.45, 2.75) is 0 Å². The molecule has 0 amide bonds. The molecule has 0 saturated carbocycles. The Hall–Kier alpha value is -0.0717. The predicted molar refractivity (Wildman–Crippen MR) is 33.9 cm³/mol. The van der Waals surface area contributed by atoms with E-state index in [4.69, 9.17) is 18.2 Å². The molecule has 0 aliphatic carbocycles. The van der Waals surface area contributed by atoms with E-state index in [0.717, 1.165) is 12.2 Å². The zero-order valence-electron chi connectivity index (χ0n) is 4.80. The molecule has 0 radical (unpaired) electrons. The summed E-state index contributed by atoms with van der Waals surface area (Å²) in [6.45, 7) is 5.04. The van der Waals surface area contributed by atoms with Gasteiger partial charge in [-0.15, -0.1) is 0 Å². The number of carbonyl (C=O) groups excluding carboxylic acids is 1. The second kappa shape index (κ2) is 4.70. The van der Waals surface area contributed by atoms with Gasteiger partial charge in [0.15, 0.2) is 0 Å². The molecule has 0 heterocycles. The van der Waals surface area contributed by atoms with Crippen LogP contribution in [0, 0.1) is 6.58 Å². The van der Waals surface area contributed by atoms with Gasteiger partial charge in [-0.25, -0.2) is 0 Å². The zero-order valence-corrected chi connectivity index (χ0v) is 8.49. The van der Waals surface area contributed by atoms with Crippen molar-refractivity contribution < 1.29 is 28.5 Å². The van der Waals surface area contributed by atoms with Gasteiger partial charge in [-0.05, 0) is 0 Å². The van der Waals surface area contributed by atoms with Crippen LogP contribution in [0.1, 0.15) is 0 Å². The molecule has 0 aliphatic rings. The third-order valence-corrected chi connectivity index (χ3v) is 1.33. The van der Waals surface area contributed by atoms with Gasteiger partial charge < -0.3 is 0 Å². The Kier molecular flexibility index (Phi) is 4.67. The fraction of sp³-hybridized carbons (Fsp3) is 0. The summed E-state index contributed by atoms with van der Waals surface area (Å²) in [5, 5.41) is -0.771. The van der Waals surface area contributed by atoms with Crippen LogP contribution >= 0.6 is 11.6 Å². The van der Waals surface area contributed by atoms with Crippen LogP contribution in [0.25, 0.3) is 0 Å². The predicted octanol–water partition coefficient (Wildman–Crippen LogP) is 1.31. The maximum atomic E-state index is 12.0. The van der Waals surface area contributed by atoms with Gasteiger partial charge >= 0.3 is 73.8 Å². The van der Waals surface area contributed by atoms with Crippen LogP contribution in [0.3, 0.4) is 0 Å². The molecule has 1 nitrogen and oxygen atoms in total. The minimum absolute atomic E-state index is 0.155. The van der Waals surface area contributed by atoms with Crippen LogP contribution in [0.4, 0.5) is 4.39 Å². The molecule has 0 bridgehead atoms. The Morgan fingerprint density at radius 3 is 2.40 bits per heavy atom. The van der Waals surface area contributed by atoms with E-state index in [-0.39, 0.29) is 9.72 Å². The average Bonchev–Trinajstić information content (AvgIpc) is 1.82. The van der Waals surface area contributed by atoms with E-state index in [1.165, 1.54) is 0 Å². The SMILES string of the molecule is [CH-]=C(/C=C\[C](F)=[W])C(=O)Cl. The van der Waals surface area contributed by atoms with Crippen molar-refractivity contribution >= 4 is 21.0 Å². The van der Waals surface area contributed by atoms with Gasteiger partial charge in [0.05, 0.1) is 0 Å². The van der Waals surface area contributed by atoms with Crippen molar-refractivity contribution in [3.05, 3.63) is 24.3 Å². The van der Waals surface area contributed by atoms with Gasteiger partial charge in [-0.1, -0.05) is 0 Å². The molecule has 0 aliphatic heterocycles. The molecule has 0 saturated heterocycles. The molecule has 0 fully saturated rings. The minimum atomic E-state index is -0.771. The second-order valence-corrected chi connectivity index (χ2v) is 3.11. The molecule has 0 N–H and O–H groups in total.